The van der Waals surface area contributed by atoms with Crippen molar-refractivity contribution in [1.29, 1.82) is 0 Å². The molecule has 2 aromatic heterocycles. The smallest absolute Gasteiger partial charge is 0.259 e. The number of nitrogens with one attached hydrogen (secondary N) is 1. The van der Waals surface area contributed by atoms with Crippen LogP contribution < -0.4 is 11.1 Å². The van der Waals surface area contributed by atoms with E-state index in [1.165, 1.54) is 5.56 Å². The van der Waals surface area contributed by atoms with Gasteiger partial charge in [-0.2, -0.15) is 0 Å². The second kappa shape index (κ2) is 7.53. The van der Waals surface area contributed by atoms with Crippen molar-refractivity contribution < 1.29 is 9.32 Å². The third-order valence-corrected chi connectivity index (χ3v) is 5.01. The summed E-state index contributed by atoms with van der Waals surface area (Å²) in [7, 11) is 0. The van der Waals surface area contributed by atoms with E-state index in [0.29, 0.717) is 11.3 Å². The maximum Gasteiger partial charge on any atom is 0.259 e. The summed E-state index contributed by atoms with van der Waals surface area (Å²) in [5.41, 5.74) is 7.91. The van der Waals surface area contributed by atoms with Gasteiger partial charge in [0.2, 0.25) is 5.88 Å². The minimum absolute atomic E-state index is 0.0138. The number of anilines is 1. The van der Waals surface area contributed by atoms with Crippen molar-refractivity contribution in [3.05, 3.63) is 58.5 Å². The van der Waals surface area contributed by atoms with Crippen LogP contribution in [0.5, 0.6) is 0 Å². The first-order chi connectivity index (χ1) is 12.0. The molecule has 3 N–H and O–H groups in total. The molecule has 25 heavy (non-hydrogen) atoms. The number of aryl methyl sites for hydroxylation is 2. The van der Waals surface area contributed by atoms with Gasteiger partial charge in [-0.3, -0.25) is 4.79 Å². The van der Waals surface area contributed by atoms with E-state index in [1.54, 1.807) is 11.3 Å². The quantitative estimate of drug-likeness (QED) is 0.699. The molecule has 1 atom stereocenters. The number of nitrogens with zero attached hydrogens (tertiary/aromatic N) is 1. The van der Waals surface area contributed by atoms with Crippen molar-refractivity contribution in [2.45, 2.75) is 32.7 Å². The lowest BCUT2D eigenvalue weighted by Gasteiger charge is -2.13. The second-order valence-electron chi connectivity index (χ2n) is 6.08. The number of nitrogens with two attached hydrogens (primary N) is 1. The van der Waals surface area contributed by atoms with Crippen LogP contribution in [0.2, 0.25) is 0 Å². The molecular weight excluding hydrogens is 334 g/mol. The molecule has 130 valence electrons. The van der Waals surface area contributed by atoms with E-state index < -0.39 is 0 Å². The first-order valence-electron chi connectivity index (χ1n) is 8.21. The summed E-state index contributed by atoms with van der Waals surface area (Å²) >= 11 is 1.55. The van der Waals surface area contributed by atoms with Gasteiger partial charge in [0.15, 0.2) is 0 Å². The van der Waals surface area contributed by atoms with Gasteiger partial charge in [0.05, 0.1) is 4.88 Å². The zero-order valence-electron chi connectivity index (χ0n) is 14.3. The average Bonchev–Trinajstić information content (AvgIpc) is 3.19. The van der Waals surface area contributed by atoms with Gasteiger partial charge in [0, 0.05) is 10.9 Å². The Morgan fingerprint density at radius 3 is 2.72 bits per heavy atom. The van der Waals surface area contributed by atoms with E-state index in [-0.39, 0.29) is 17.8 Å². The number of hydrogen-bond donors (Lipinski definition) is 2. The Morgan fingerprint density at radius 1 is 1.28 bits per heavy atom. The van der Waals surface area contributed by atoms with Crippen LogP contribution in [0.4, 0.5) is 5.88 Å². The predicted octanol–water partition coefficient (Wildman–Crippen LogP) is 4.04. The molecule has 5 nitrogen and oxygen atoms in total. The summed E-state index contributed by atoms with van der Waals surface area (Å²) in [6, 6.07) is 14.1. The van der Waals surface area contributed by atoms with Crippen molar-refractivity contribution in [2.24, 2.45) is 0 Å². The highest BCUT2D eigenvalue weighted by Crippen LogP contribution is 2.32. The van der Waals surface area contributed by atoms with Crippen molar-refractivity contribution in [3.8, 4) is 10.6 Å². The SMILES string of the molecule is Cc1ccc(-c2noc(N)c2C(=O)NC(C)CCc2ccccc2)s1. The van der Waals surface area contributed by atoms with Crippen LogP contribution in [0.1, 0.15) is 34.1 Å². The van der Waals surface area contributed by atoms with Gasteiger partial charge in [-0.1, -0.05) is 35.5 Å². The average molecular weight is 355 g/mol. The molecular formula is C19H21N3O2S. The van der Waals surface area contributed by atoms with Crippen LogP contribution in [-0.4, -0.2) is 17.1 Å². The molecule has 1 aromatic carbocycles. The third-order valence-electron chi connectivity index (χ3n) is 4.01. The molecule has 0 spiro atoms. The molecule has 0 aliphatic carbocycles. The van der Waals surface area contributed by atoms with Crippen LogP contribution >= 0.6 is 11.3 Å². The monoisotopic (exact) mass is 355 g/mol. The summed E-state index contributed by atoms with van der Waals surface area (Å²) in [5.74, 6) is -0.200. The summed E-state index contributed by atoms with van der Waals surface area (Å²) in [5, 5.41) is 6.97. The topological polar surface area (TPSA) is 81.2 Å². The minimum Gasteiger partial charge on any atom is -0.367 e. The largest absolute Gasteiger partial charge is 0.367 e. The van der Waals surface area contributed by atoms with Crippen LogP contribution in [0.15, 0.2) is 47.0 Å². The number of benzene rings is 1. The molecule has 1 amide bonds. The zero-order chi connectivity index (χ0) is 17.8. The lowest BCUT2D eigenvalue weighted by Crippen LogP contribution is -2.33. The molecule has 0 radical (unpaired) electrons. The fraction of sp³-hybridized carbons (Fsp3) is 0.263. The highest BCUT2D eigenvalue weighted by Gasteiger charge is 2.24. The summed E-state index contributed by atoms with van der Waals surface area (Å²) < 4.78 is 5.06. The van der Waals surface area contributed by atoms with Crippen molar-refractivity contribution in [1.82, 2.24) is 10.5 Å². The molecule has 0 fully saturated rings. The molecule has 3 rings (SSSR count). The predicted molar refractivity (Wildman–Crippen MR) is 101 cm³/mol. The Bertz CT molecular complexity index is 855. The minimum atomic E-state index is -0.250. The molecule has 0 saturated carbocycles. The van der Waals surface area contributed by atoms with Gasteiger partial charge in [-0.15, -0.1) is 11.3 Å². The Morgan fingerprint density at radius 2 is 2.04 bits per heavy atom. The van der Waals surface area contributed by atoms with E-state index in [2.05, 4.69) is 22.6 Å². The summed E-state index contributed by atoms with van der Waals surface area (Å²) in [4.78, 5) is 14.7. The number of thiophene rings is 1. The van der Waals surface area contributed by atoms with Gasteiger partial charge >= 0.3 is 0 Å². The van der Waals surface area contributed by atoms with Crippen molar-refractivity contribution in [2.75, 3.05) is 5.73 Å². The highest BCUT2D eigenvalue weighted by atomic mass is 32.1. The Hall–Kier alpha value is -2.60. The summed E-state index contributed by atoms with van der Waals surface area (Å²) in [6.45, 7) is 3.99. The summed E-state index contributed by atoms with van der Waals surface area (Å²) in [6.07, 6.45) is 1.74. The van der Waals surface area contributed by atoms with Crippen LogP contribution in [-0.2, 0) is 6.42 Å². The molecule has 0 saturated heterocycles. The molecule has 1 unspecified atom stereocenters. The standard InChI is InChI=1S/C19H21N3O2S/c1-12(8-10-14-6-4-3-5-7-14)21-19(23)16-17(22-24-18(16)20)15-11-9-13(2)25-15/h3-7,9,11-12H,8,10,20H2,1-2H3,(H,21,23). The number of aromatic nitrogens is 1. The fourth-order valence-corrected chi connectivity index (χ4v) is 3.50. The van der Waals surface area contributed by atoms with Crippen LogP contribution in [0.3, 0.4) is 0 Å². The van der Waals surface area contributed by atoms with Crippen molar-refractivity contribution in [3.63, 3.8) is 0 Å². The first kappa shape index (κ1) is 17.2. The lowest BCUT2D eigenvalue weighted by molar-refractivity contribution is 0.0939. The van der Waals surface area contributed by atoms with Crippen LogP contribution in [0, 0.1) is 6.92 Å². The number of amides is 1. The zero-order valence-corrected chi connectivity index (χ0v) is 15.1. The lowest BCUT2D eigenvalue weighted by atomic mass is 10.1. The van der Waals surface area contributed by atoms with E-state index in [1.807, 2.05) is 44.2 Å². The van der Waals surface area contributed by atoms with Gasteiger partial charge in [0.1, 0.15) is 11.3 Å². The van der Waals surface area contributed by atoms with Crippen molar-refractivity contribution >= 4 is 23.1 Å². The van der Waals surface area contributed by atoms with E-state index in [4.69, 9.17) is 10.3 Å². The first-order valence-corrected chi connectivity index (χ1v) is 9.03. The molecule has 0 aliphatic heterocycles. The molecule has 0 bridgehead atoms. The van der Waals surface area contributed by atoms with Gasteiger partial charge in [0.25, 0.3) is 5.91 Å². The molecule has 2 heterocycles. The molecule has 6 heteroatoms. The maximum absolute atomic E-state index is 12.7. The van der Waals surface area contributed by atoms with E-state index in [9.17, 15) is 4.79 Å². The molecule has 0 aliphatic rings. The Labute approximate surface area is 150 Å². The van der Waals surface area contributed by atoms with Gasteiger partial charge in [-0.05, 0) is 44.4 Å². The number of rotatable bonds is 6. The normalized spacial score (nSPS) is 12.1. The van der Waals surface area contributed by atoms with E-state index in [0.717, 1.165) is 22.6 Å². The Kier molecular flexibility index (Phi) is 5.19. The van der Waals surface area contributed by atoms with Gasteiger partial charge in [-0.25, -0.2) is 0 Å². The second-order valence-corrected chi connectivity index (χ2v) is 7.37. The highest BCUT2D eigenvalue weighted by molar-refractivity contribution is 7.15. The number of nitrogen functional groups attached to an aromatic ring is 1. The van der Waals surface area contributed by atoms with Crippen LogP contribution in [0.25, 0.3) is 10.6 Å². The maximum atomic E-state index is 12.7. The number of carbonyl (C=O) groups is 1. The Balaban J connectivity index is 1.68. The number of hydrogen-bond acceptors (Lipinski definition) is 5. The molecule has 3 aromatic rings. The third kappa shape index (κ3) is 4.09. The number of carbonyl (C=O) groups excluding carboxylic acids is 1. The van der Waals surface area contributed by atoms with Gasteiger partial charge < -0.3 is 15.6 Å². The fourth-order valence-electron chi connectivity index (χ4n) is 2.65. The van der Waals surface area contributed by atoms with E-state index >= 15 is 0 Å².